The number of hydrogen-bond donors (Lipinski definition) is 1. The molecule has 0 fully saturated rings. The second-order valence-electron chi connectivity index (χ2n) is 3.41. The van der Waals surface area contributed by atoms with E-state index in [2.05, 4.69) is 11.1 Å². The van der Waals surface area contributed by atoms with Crippen molar-refractivity contribution in [1.82, 2.24) is 4.98 Å². The molecule has 0 aliphatic rings. The molecular formula is C12H14N2O. The van der Waals surface area contributed by atoms with Gasteiger partial charge in [-0.3, -0.25) is 4.98 Å². The highest BCUT2D eigenvalue weighted by molar-refractivity contribution is 5.85. The van der Waals surface area contributed by atoms with Crippen LogP contribution in [0.1, 0.15) is 5.56 Å². The van der Waals surface area contributed by atoms with Gasteiger partial charge in [-0.05, 0) is 42.8 Å². The number of nitrogens with two attached hydrogens (primary N) is 1. The van der Waals surface area contributed by atoms with E-state index in [1.807, 2.05) is 18.2 Å². The molecule has 0 spiro atoms. The molecule has 1 aromatic carbocycles. The van der Waals surface area contributed by atoms with Gasteiger partial charge in [0.1, 0.15) is 5.75 Å². The first-order chi connectivity index (χ1) is 7.35. The van der Waals surface area contributed by atoms with Gasteiger partial charge in [0, 0.05) is 11.6 Å². The normalized spacial score (nSPS) is 10.5. The van der Waals surface area contributed by atoms with Crippen molar-refractivity contribution in [3.8, 4) is 5.75 Å². The van der Waals surface area contributed by atoms with Gasteiger partial charge in [-0.15, -0.1) is 0 Å². The Morgan fingerprint density at radius 1 is 1.40 bits per heavy atom. The van der Waals surface area contributed by atoms with Crippen molar-refractivity contribution in [2.45, 2.75) is 6.42 Å². The Hall–Kier alpha value is -1.61. The smallest absolute Gasteiger partial charge is 0.128 e. The Morgan fingerprint density at radius 2 is 2.27 bits per heavy atom. The number of pyridine rings is 1. The number of methoxy groups -OCH3 is 1. The molecule has 78 valence electrons. The SMILES string of the molecule is COc1cc(CCN)cc2ncccc12. The fourth-order valence-electron chi connectivity index (χ4n) is 1.68. The van der Waals surface area contributed by atoms with Crippen molar-refractivity contribution in [2.75, 3.05) is 13.7 Å². The molecule has 15 heavy (non-hydrogen) atoms. The number of fused-ring (bicyclic) bond motifs is 1. The topological polar surface area (TPSA) is 48.1 Å². The highest BCUT2D eigenvalue weighted by Gasteiger charge is 2.04. The van der Waals surface area contributed by atoms with E-state index in [1.165, 1.54) is 5.56 Å². The molecule has 0 saturated carbocycles. The van der Waals surface area contributed by atoms with Crippen LogP contribution in [-0.2, 0) is 6.42 Å². The standard InChI is InChI=1S/C12H14N2O/c1-15-12-8-9(4-5-13)7-11-10(12)3-2-6-14-11/h2-3,6-8H,4-5,13H2,1H3. The van der Waals surface area contributed by atoms with Crippen LogP contribution in [-0.4, -0.2) is 18.6 Å². The number of aromatic nitrogens is 1. The Labute approximate surface area is 88.9 Å². The summed E-state index contributed by atoms with van der Waals surface area (Å²) in [4.78, 5) is 4.31. The molecular weight excluding hydrogens is 188 g/mol. The third-order valence-electron chi connectivity index (χ3n) is 2.40. The number of ether oxygens (including phenoxy) is 1. The second kappa shape index (κ2) is 4.28. The maximum atomic E-state index is 5.53. The molecule has 0 amide bonds. The molecule has 0 aliphatic carbocycles. The predicted octanol–water partition coefficient (Wildman–Crippen LogP) is 1.74. The fourth-order valence-corrected chi connectivity index (χ4v) is 1.68. The lowest BCUT2D eigenvalue weighted by molar-refractivity contribution is 0.419. The number of rotatable bonds is 3. The van der Waals surface area contributed by atoms with Gasteiger partial charge in [-0.2, -0.15) is 0 Å². The van der Waals surface area contributed by atoms with Crippen molar-refractivity contribution < 1.29 is 4.74 Å². The van der Waals surface area contributed by atoms with Gasteiger partial charge >= 0.3 is 0 Å². The van der Waals surface area contributed by atoms with Crippen molar-refractivity contribution in [2.24, 2.45) is 5.73 Å². The van der Waals surface area contributed by atoms with Crippen LogP contribution in [0.25, 0.3) is 10.9 Å². The third-order valence-corrected chi connectivity index (χ3v) is 2.40. The molecule has 0 atom stereocenters. The lowest BCUT2D eigenvalue weighted by atomic mass is 10.1. The Kier molecular flexibility index (Phi) is 2.83. The summed E-state index contributed by atoms with van der Waals surface area (Å²) in [6.07, 6.45) is 2.64. The largest absolute Gasteiger partial charge is 0.496 e. The van der Waals surface area contributed by atoms with E-state index in [0.29, 0.717) is 6.54 Å². The summed E-state index contributed by atoms with van der Waals surface area (Å²) in [7, 11) is 1.67. The van der Waals surface area contributed by atoms with Gasteiger partial charge in [-0.25, -0.2) is 0 Å². The van der Waals surface area contributed by atoms with Crippen LogP contribution in [0.2, 0.25) is 0 Å². The van der Waals surface area contributed by atoms with Crippen molar-refractivity contribution in [3.63, 3.8) is 0 Å². The average molecular weight is 202 g/mol. The van der Waals surface area contributed by atoms with E-state index in [4.69, 9.17) is 10.5 Å². The quantitative estimate of drug-likeness (QED) is 0.824. The monoisotopic (exact) mass is 202 g/mol. The molecule has 0 saturated heterocycles. The molecule has 0 bridgehead atoms. The minimum absolute atomic E-state index is 0.640. The molecule has 0 unspecified atom stereocenters. The summed E-state index contributed by atoms with van der Waals surface area (Å²) in [5, 5.41) is 1.04. The maximum absolute atomic E-state index is 5.53. The summed E-state index contributed by atoms with van der Waals surface area (Å²) in [6, 6.07) is 8.00. The fraction of sp³-hybridized carbons (Fsp3) is 0.250. The summed E-state index contributed by atoms with van der Waals surface area (Å²) >= 11 is 0. The van der Waals surface area contributed by atoms with Gasteiger partial charge in [0.05, 0.1) is 12.6 Å². The molecule has 1 heterocycles. The molecule has 0 radical (unpaired) electrons. The van der Waals surface area contributed by atoms with Crippen LogP contribution >= 0.6 is 0 Å². The second-order valence-corrected chi connectivity index (χ2v) is 3.41. The Morgan fingerprint density at radius 3 is 3.00 bits per heavy atom. The summed E-state index contributed by atoms with van der Waals surface area (Å²) in [5.74, 6) is 0.865. The molecule has 0 aliphatic heterocycles. The van der Waals surface area contributed by atoms with Crippen LogP contribution < -0.4 is 10.5 Å². The van der Waals surface area contributed by atoms with Crippen molar-refractivity contribution in [3.05, 3.63) is 36.0 Å². The lowest BCUT2D eigenvalue weighted by Gasteiger charge is -2.07. The summed E-state index contributed by atoms with van der Waals surface area (Å²) in [6.45, 7) is 0.640. The maximum Gasteiger partial charge on any atom is 0.128 e. The highest BCUT2D eigenvalue weighted by Crippen LogP contribution is 2.25. The first kappa shape index (κ1) is 9.93. The highest BCUT2D eigenvalue weighted by atomic mass is 16.5. The zero-order chi connectivity index (χ0) is 10.7. The summed E-state index contributed by atoms with van der Waals surface area (Å²) in [5.41, 5.74) is 7.66. The number of nitrogens with zero attached hydrogens (tertiary/aromatic N) is 1. The Balaban J connectivity index is 2.60. The van der Waals surface area contributed by atoms with Gasteiger partial charge in [0.25, 0.3) is 0 Å². The Bertz CT molecular complexity index is 468. The van der Waals surface area contributed by atoms with Crippen LogP contribution in [0.15, 0.2) is 30.5 Å². The van der Waals surface area contributed by atoms with E-state index >= 15 is 0 Å². The number of hydrogen-bond acceptors (Lipinski definition) is 3. The van der Waals surface area contributed by atoms with Gasteiger partial charge in [0.15, 0.2) is 0 Å². The summed E-state index contributed by atoms with van der Waals surface area (Å²) < 4.78 is 5.33. The first-order valence-corrected chi connectivity index (χ1v) is 4.97. The molecule has 3 heteroatoms. The van der Waals surface area contributed by atoms with Gasteiger partial charge < -0.3 is 10.5 Å². The predicted molar refractivity (Wildman–Crippen MR) is 61.1 cm³/mol. The van der Waals surface area contributed by atoms with Crippen LogP contribution in [0, 0.1) is 0 Å². The molecule has 3 nitrogen and oxygen atoms in total. The molecule has 2 N–H and O–H groups in total. The van der Waals surface area contributed by atoms with E-state index < -0.39 is 0 Å². The third kappa shape index (κ3) is 1.92. The zero-order valence-corrected chi connectivity index (χ0v) is 8.73. The minimum Gasteiger partial charge on any atom is -0.496 e. The van der Waals surface area contributed by atoms with Gasteiger partial charge in [-0.1, -0.05) is 0 Å². The lowest BCUT2D eigenvalue weighted by Crippen LogP contribution is -2.03. The number of benzene rings is 1. The van der Waals surface area contributed by atoms with E-state index in [1.54, 1.807) is 13.3 Å². The zero-order valence-electron chi connectivity index (χ0n) is 8.73. The van der Waals surface area contributed by atoms with E-state index in [0.717, 1.165) is 23.1 Å². The van der Waals surface area contributed by atoms with Crippen LogP contribution in [0.3, 0.4) is 0 Å². The van der Waals surface area contributed by atoms with Crippen LogP contribution in [0.4, 0.5) is 0 Å². The van der Waals surface area contributed by atoms with E-state index in [-0.39, 0.29) is 0 Å². The minimum atomic E-state index is 0.640. The van der Waals surface area contributed by atoms with E-state index in [9.17, 15) is 0 Å². The van der Waals surface area contributed by atoms with Gasteiger partial charge in [0.2, 0.25) is 0 Å². The molecule has 1 aromatic heterocycles. The van der Waals surface area contributed by atoms with Crippen molar-refractivity contribution in [1.29, 1.82) is 0 Å². The first-order valence-electron chi connectivity index (χ1n) is 4.97. The molecule has 2 aromatic rings. The molecule has 2 rings (SSSR count). The van der Waals surface area contributed by atoms with Crippen LogP contribution in [0.5, 0.6) is 5.75 Å². The van der Waals surface area contributed by atoms with Crippen molar-refractivity contribution >= 4 is 10.9 Å². The average Bonchev–Trinajstić information content (AvgIpc) is 2.28.